The summed E-state index contributed by atoms with van der Waals surface area (Å²) in [5.74, 6) is 3.71. The van der Waals surface area contributed by atoms with E-state index in [2.05, 4.69) is 32.6 Å². The first-order chi connectivity index (χ1) is 10.5. The van der Waals surface area contributed by atoms with Crippen LogP contribution >= 0.6 is 0 Å². The molecule has 0 amide bonds. The maximum absolute atomic E-state index is 6.89. The highest BCUT2D eigenvalue weighted by Gasteiger charge is 2.61. The van der Waals surface area contributed by atoms with E-state index in [-0.39, 0.29) is 5.60 Å². The van der Waals surface area contributed by atoms with E-state index in [1.165, 1.54) is 72.5 Å². The number of piperidine rings is 3. The Hall–Kier alpha value is -1.02. The smallest absolute Gasteiger partial charge is 0.126 e. The van der Waals surface area contributed by atoms with E-state index < -0.39 is 0 Å². The van der Waals surface area contributed by atoms with Gasteiger partial charge in [0.2, 0.25) is 0 Å². The van der Waals surface area contributed by atoms with Crippen LogP contribution in [0.4, 0.5) is 0 Å². The van der Waals surface area contributed by atoms with Crippen LogP contribution < -0.4 is 4.74 Å². The lowest BCUT2D eigenvalue weighted by molar-refractivity contribution is -0.158. The molecular weight excluding hydrogens is 270 g/mol. The van der Waals surface area contributed by atoms with Crippen LogP contribution in [-0.4, -0.2) is 30.1 Å². The third-order valence-corrected chi connectivity index (χ3v) is 7.59. The molecule has 4 heterocycles. The summed E-state index contributed by atoms with van der Waals surface area (Å²) in [6.07, 6.45) is 3.97. The van der Waals surface area contributed by atoms with Gasteiger partial charge in [-0.2, -0.15) is 0 Å². The molecule has 2 heteroatoms. The van der Waals surface area contributed by atoms with Crippen molar-refractivity contribution in [3.63, 3.8) is 0 Å². The third kappa shape index (κ3) is 1.45. The lowest BCUT2D eigenvalue weighted by Crippen LogP contribution is -2.68. The quantitative estimate of drug-likeness (QED) is 0.726. The molecule has 0 radical (unpaired) electrons. The van der Waals surface area contributed by atoms with Gasteiger partial charge >= 0.3 is 0 Å². The predicted molar refractivity (Wildman–Crippen MR) is 88.6 cm³/mol. The van der Waals surface area contributed by atoms with Gasteiger partial charge in [0, 0.05) is 43.5 Å². The summed E-state index contributed by atoms with van der Waals surface area (Å²) in [6, 6.07) is 0. The Balaban J connectivity index is 1.63. The first-order valence-electron chi connectivity index (χ1n) is 9.00. The van der Waals surface area contributed by atoms with Gasteiger partial charge in [0.15, 0.2) is 0 Å². The molecule has 1 saturated carbocycles. The molecule has 6 rings (SSSR count). The molecule has 1 aromatic rings. The zero-order valence-corrected chi connectivity index (χ0v) is 14.3. The van der Waals surface area contributed by atoms with Crippen molar-refractivity contribution in [3.05, 3.63) is 27.8 Å². The Morgan fingerprint density at radius 2 is 1.50 bits per heavy atom. The summed E-state index contributed by atoms with van der Waals surface area (Å²) in [7, 11) is 0. The summed E-state index contributed by atoms with van der Waals surface area (Å²) in [4.78, 5) is 2.71. The SMILES string of the molecule is Cc1c(C)c(C)c2c(c1C)CC1(O2)C2CC3CC1CN(C3)C2. The minimum atomic E-state index is 0.130. The Labute approximate surface area is 133 Å². The summed E-state index contributed by atoms with van der Waals surface area (Å²) in [5, 5.41) is 0. The van der Waals surface area contributed by atoms with E-state index in [9.17, 15) is 0 Å². The van der Waals surface area contributed by atoms with Crippen molar-refractivity contribution in [1.29, 1.82) is 0 Å². The second-order valence-electron chi connectivity index (χ2n) is 8.49. The molecule has 0 aromatic heterocycles. The van der Waals surface area contributed by atoms with Crippen LogP contribution in [-0.2, 0) is 6.42 Å². The van der Waals surface area contributed by atoms with Crippen LogP contribution in [0.25, 0.3) is 0 Å². The molecule has 4 aliphatic heterocycles. The minimum absolute atomic E-state index is 0.130. The minimum Gasteiger partial charge on any atom is -0.486 e. The summed E-state index contributed by atoms with van der Waals surface area (Å²) >= 11 is 0. The predicted octanol–water partition coefficient (Wildman–Crippen LogP) is 3.57. The van der Waals surface area contributed by atoms with E-state index in [0.29, 0.717) is 0 Å². The van der Waals surface area contributed by atoms with E-state index in [4.69, 9.17) is 4.74 Å². The Bertz CT molecular complexity index is 608. The van der Waals surface area contributed by atoms with E-state index >= 15 is 0 Å². The molecule has 2 nitrogen and oxygen atoms in total. The lowest BCUT2D eigenvalue weighted by Gasteiger charge is -2.60. The fraction of sp³-hybridized carbons (Fsp3) is 0.700. The van der Waals surface area contributed by atoms with Gasteiger partial charge < -0.3 is 9.64 Å². The summed E-state index contributed by atoms with van der Waals surface area (Å²) in [6.45, 7) is 13.0. The molecule has 1 aliphatic carbocycles. The molecule has 4 fully saturated rings. The summed E-state index contributed by atoms with van der Waals surface area (Å²) in [5.41, 5.74) is 7.45. The van der Waals surface area contributed by atoms with Crippen LogP contribution in [0.15, 0.2) is 0 Å². The van der Waals surface area contributed by atoms with Gasteiger partial charge in [-0.25, -0.2) is 0 Å². The van der Waals surface area contributed by atoms with Crippen molar-refractivity contribution < 1.29 is 4.74 Å². The molecule has 4 bridgehead atoms. The average molecular weight is 297 g/mol. The first kappa shape index (κ1) is 13.4. The molecule has 1 aromatic carbocycles. The molecule has 2 atom stereocenters. The van der Waals surface area contributed by atoms with Gasteiger partial charge in [-0.3, -0.25) is 0 Å². The number of hydrogen-bond donors (Lipinski definition) is 0. The number of hydrogen-bond acceptors (Lipinski definition) is 2. The molecule has 1 spiro atoms. The Morgan fingerprint density at radius 3 is 2.14 bits per heavy atom. The topological polar surface area (TPSA) is 12.5 Å². The number of fused-ring (bicyclic) bond motifs is 1. The number of benzene rings is 1. The molecule has 0 N–H and O–H groups in total. The van der Waals surface area contributed by atoms with Crippen LogP contribution in [0.3, 0.4) is 0 Å². The molecule has 3 saturated heterocycles. The normalized spacial score (nSPS) is 41.1. The molecule has 2 unspecified atom stereocenters. The highest BCUT2D eigenvalue weighted by atomic mass is 16.5. The zero-order chi connectivity index (χ0) is 15.2. The number of ether oxygens (including phenoxy) is 1. The van der Waals surface area contributed by atoms with E-state index in [1.807, 2.05) is 0 Å². The van der Waals surface area contributed by atoms with Crippen LogP contribution in [0.5, 0.6) is 5.75 Å². The standard InChI is InChI=1S/C20H27NO/c1-11-12(2)14(4)19-18(13(11)3)7-20(22-19)16-5-15-6-17(20)10-21(8-15)9-16/h15-17H,5-10H2,1-4H3. The van der Waals surface area contributed by atoms with Crippen molar-refractivity contribution in [2.45, 2.75) is 52.6 Å². The Kier molecular flexibility index (Phi) is 2.49. The maximum Gasteiger partial charge on any atom is 0.126 e. The second-order valence-corrected chi connectivity index (χ2v) is 8.49. The first-order valence-corrected chi connectivity index (χ1v) is 9.00. The lowest BCUT2D eigenvalue weighted by atomic mass is 9.58. The van der Waals surface area contributed by atoms with E-state index in [1.54, 1.807) is 0 Å². The van der Waals surface area contributed by atoms with Crippen molar-refractivity contribution in [1.82, 2.24) is 4.90 Å². The van der Waals surface area contributed by atoms with Crippen LogP contribution in [0.1, 0.15) is 40.7 Å². The van der Waals surface area contributed by atoms with Crippen molar-refractivity contribution in [2.24, 2.45) is 17.8 Å². The number of rotatable bonds is 0. The van der Waals surface area contributed by atoms with Gasteiger partial charge in [-0.15, -0.1) is 0 Å². The summed E-state index contributed by atoms with van der Waals surface area (Å²) < 4.78 is 6.89. The third-order valence-electron chi connectivity index (χ3n) is 7.59. The largest absolute Gasteiger partial charge is 0.486 e. The molecular formula is C20H27NO. The fourth-order valence-electron chi connectivity index (χ4n) is 6.12. The maximum atomic E-state index is 6.89. The van der Waals surface area contributed by atoms with Crippen LogP contribution in [0, 0.1) is 45.4 Å². The fourth-order valence-corrected chi connectivity index (χ4v) is 6.12. The van der Waals surface area contributed by atoms with Crippen molar-refractivity contribution in [2.75, 3.05) is 19.6 Å². The monoisotopic (exact) mass is 297 g/mol. The van der Waals surface area contributed by atoms with Gasteiger partial charge in [0.25, 0.3) is 0 Å². The number of nitrogens with zero attached hydrogens (tertiary/aromatic N) is 1. The molecule has 118 valence electrons. The van der Waals surface area contributed by atoms with Gasteiger partial charge in [0.1, 0.15) is 11.4 Å². The van der Waals surface area contributed by atoms with E-state index in [0.717, 1.165) is 17.8 Å². The highest BCUT2D eigenvalue weighted by Crippen LogP contribution is 2.57. The Morgan fingerprint density at radius 1 is 0.864 bits per heavy atom. The average Bonchev–Trinajstić information content (AvgIpc) is 2.90. The van der Waals surface area contributed by atoms with Gasteiger partial charge in [-0.1, -0.05) is 0 Å². The van der Waals surface area contributed by atoms with Crippen molar-refractivity contribution in [3.8, 4) is 5.75 Å². The van der Waals surface area contributed by atoms with Crippen molar-refractivity contribution >= 4 is 0 Å². The second kappa shape index (κ2) is 4.08. The molecule has 22 heavy (non-hydrogen) atoms. The zero-order valence-electron chi connectivity index (χ0n) is 14.3. The molecule has 5 aliphatic rings. The van der Waals surface area contributed by atoms with Gasteiger partial charge in [0.05, 0.1) is 0 Å². The van der Waals surface area contributed by atoms with Gasteiger partial charge in [-0.05, 0) is 68.7 Å². The highest BCUT2D eigenvalue weighted by molar-refractivity contribution is 5.57. The van der Waals surface area contributed by atoms with Crippen LogP contribution in [0.2, 0.25) is 0 Å².